The van der Waals surface area contributed by atoms with Crippen molar-refractivity contribution in [3.63, 3.8) is 0 Å². The monoisotopic (exact) mass is 305 g/mol. The van der Waals surface area contributed by atoms with E-state index in [2.05, 4.69) is 27.2 Å². The molecule has 1 saturated heterocycles. The maximum atomic E-state index is 11.0. The van der Waals surface area contributed by atoms with E-state index in [0.717, 1.165) is 31.7 Å². The zero-order valence-electron chi connectivity index (χ0n) is 12.2. The molecule has 0 radical (unpaired) electrons. The number of nitrogens with zero attached hydrogens (tertiary/aromatic N) is 4. The Balaban J connectivity index is 1.60. The first-order chi connectivity index (χ1) is 10.1. The van der Waals surface area contributed by atoms with Crippen LogP contribution in [0.3, 0.4) is 0 Å². The van der Waals surface area contributed by atoms with Gasteiger partial charge in [-0.2, -0.15) is 5.10 Å². The van der Waals surface area contributed by atoms with Gasteiger partial charge < -0.3 is 5.32 Å². The van der Waals surface area contributed by atoms with E-state index in [9.17, 15) is 4.79 Å². The minimum atomic E-state index is -0.0889. The van der Waals surface area contributed by atoms with E-state index < -0.39 is 0 Å². The SMILES string of the molecule is CC(=O)Nc1ccn(C2CCN(Cc3scnc3C)C2)n1. The average Bonchev–Trinajstić information content (AvgIpc) is 3.12. The number of aromatic nitrogens is 3. The summed E-state index contributed by atoms with van der Waals surface area (Å²) in [6, 6.07) is 2.22. The van der Waals surface area contributed by atoms with Crippen molar-refractivity contribution >= 4 is 23.1 Å². The molecule has 2 aromatic heterocycles. The molecule has 3 rings (SSSR count). The predicted molar refractivity (Wildman–Crippen MR) is 82.3 cm³/mol. The minimum absolute atomic E-state index is 0.0889. The number of hydrogen-bond donors (Lipinski definition) is 1. The van der Waals surface area contributed by atoms with Crippen LogP contribution in [0.5, 0.6) is 0 Å². The molecule has 1 N–H and O–H groups in total. The fraction of sp³-hybridized carbons (Fsp3) is 0.500. The van der Waals surface area contributed by atoms with Crippen LogP contribution in [0.2, 0.25) is 0 Å². The van der Waals surface area contributed by atoms with Crippen LogP contribution in [0.4, 0.5) is 5.82 Å². The third-order valence-electron chi connectivity index (χ3n) is 3.75. The van der Waals surface area contributed by atoms with Crippen molar-refractivity contribution in [1.29, 1.82) is 0 Å². The van der Waals surface area contributed by atoms with Crippen LogP contribution < -0.4 is 5.32 Å². The van der Waals surface area contributed by atoms with Gasteiger partial charge in [0.05, 0.1) is 17.2 Å². The molecule has 0 bridgehead atoms. The molecule has 1 atom stereocenters. The summed E-state index contributed by atoms with van der Waals surface area (Å²) in [5.74, 6) is 0.535. The average molecular weight is 305 g/mol. The van der Waals surface area contributed by atoms with E-state index in [1.54, 1.807) is 11.3 Å². The number of hydrogen-bond acceptors (Lipinski definition) is 5. The quantitative estimate of drug-likeness (QED) is 0.939. The Morgan fingerprint density at radius 2 is 2.43 bits per heavy atom. The summed E-state index contributed by atoms with van der Waals surface area (Å²) < 4.78 is 1.96. The molecule has 6 nitrogen and oxygen atoms in total. The lowest BCUT2D eigenvalue weighted by Crippen LogP contribution is -2.21. The highest BCUT2D eigenvalue weighted by molar-refractivity contribution is 7.09. The normalized spacial score (nSPS) is 19.0. The summed E-state index contributed by atoms with van der Waals surface area (Å²) in [6.07, 6.45) is 3.02. The van der Waals surface area contributed by atoms with E-state index in [1.807, 2.05) is 22.5 Å². The fourth-order valence-corrected chi connectivity index (χ4v) is 3.46. The molecule has 21 heavy (non-hydrogen) atoms. The second kappa shape index (κ2) is 5.95. The first-order valence-corrected chi connectivity index (χ1v) is 7.94. The van der Waals surface area contributed by atoms with E-state index in [0.29, 0.717) is 11.9 Å². The molecule has 1 unspecified atom stereocenters. The zero-order valence-corrected chi connectivity index (χ0v) is 13.1. The number of aryl methyl sites for hydroxylation is 1. The Kier molecular flexibility index (Phi) is 4.03. The maximum Gasteiger partial charge on any atom is 0.222 e. The summed E-state index contributed by atoms with van der Waals surface area (Å²) >= 11 is 1.72. The third-order valence-corrected chi connectivity index (χ3v) is 4.67. The van der Waals surface area contributed by atoms with Gasteiger partial charge in [0, 0.05) is 43.7 Å². The molecular weight excluding hydrogens is 286 g/mol. The second-order valence-corrected chi connectivity index (χ2v) is 6.34. The zero-order chi connectivity index (χ0) is 14.8. The highest BCUT2D eigenvalue weighted by Crippen LogP contribution is 2.25. The highest BCUT2D eigenvalue weighted by atomic mass is 32.1. The molecule has 2 aromatic rings. The molecule has 0 aliphatic carbocycles. The van der Waals surface area contributed by atoms with Crippen LogP contribution >= 0.6 is 11.3 Å². The Morgan fingerprint density at radius 3 is 3.14 bits per heavy atom. The van der Waals surface area contributed by atoms with Crippen LogP contribution in [0.15, 0.2) is 17.8 Å². The second-order valence-electron chi connectivity index (χ2n) is 5.40. The molecule has 7 heteroatoms. The van der Waals surface area contributed by atoms with Gasteiger partial charge in [0.2, 0.25) is 5.91 Å². The summed E-state index contributed by atoms with van der Waals surface area (Å²) in [7, 11) is 0. The van der Waals surface area contributed by atoms with Gasteiger partial charge in [0.1, 0.15) is 0 Å². The Labute approximate surface area is 127 Å². The van der Waals surface area contributed by atoms with Gasteiger partial charge in [-0.3, -0.25) is 14.4 Å². The number of amides is 1. The van der Waals surface area contributed by atoms with Gasteiger partial charge in [-0.15, -0.1) is 11.3 Å². The van der Waals surface area contributed by atoms with Crippen LogP contribution in [-0.4, -0.2) is 38.7 Å². The fourth-order valence-electron chi connectivity index (χ4n) is 2.64. The number of nitrogens with one attached hydrogen (secondary N) is 1. The molecular formula is C14H19N5OS. The Hall–Kier alpha value is -1.73. The summed E-state index contributed by atoms with van der Waals surface area (Å²) in [5.41, 5.74) is 3.04. The number of likely N-dealkylation sites (tertiary alicyclic amines) is 1. The van der Waals surface area contributed by atoms with Gasteiger partial charge in [0.25, 0.3) is 0 Å². The molecule has 3 heterocycles. The molecule has 1 fully saturated rings. The van der Waals surface area contributed by atoms with E-state index >= 15 is 0 Å². The van der Waals surface area contributed by atoms with Crippen LogP contribution in [0.1, 0.15) is 30.0 Å². The number of anilines is 1. The van der Waals surface area contributed by atoms with Gasteiger partial charge in [-0.25, -0.2) is 4.98 Å². The molecule has 0 spiro atoms. The minimum Gasteiger partial charge on any atom is -0.309 e. The number of carbonyl (C=O) groups is 1. The van der Waals surface area contributed by atoms with Crippen molar-refractivity contribution in [3.8, 4) is 0 Å². The smallest absolute Gasteiger partial charge is 0.222 e. The van der Waals surface area contributed by atoms with E-state index in [-0.39, 0.29) is 5.91 Å². The van der Waals surface area contributed by atoms with Crippen molar-refractivity contribution in [2.75, 3.05) is 18.4 Å². The predicted octanol–water partition coefficient (Wildman–Crippen LogP) is 2.05. The molecule has 112 valence electrons. The molecule has 1 amide bonds. The van der Waals surface area contributed by atoms with E-state index in [4.69, 9.17) is 0 Å². The van der Waals surface area contributed by atoms with Gasteiger partial charge >= 0.3 is 0 Å². The van der Waals surface area contributed by atoms with Crippen molar-refractivity contribution in [2.24, 2.45) is 0 Å². The first-order valence-electron chi connectivity index (χ1n) is 7.06. The first kappa shape index (κ1) is 14.2. The van der Waals surface area contributed by atoms with Crippen molar-refractivity contribution < 1.29 is 4.79 Å². The van der Waals surface area contributed by atoms with Gasteiger partial charge in [-0.1, -0.05) is 0 Å². The largest absolute Gasteiger partial charge is 0.309 e. The molecule has 0 saturated carbocycles. The highest BCUT2D eigenvalue weighted by Gasteiger charge is 2.25. The summed E-state index contributed by atoms with van der Waals surface area (Å²) in [6.45, 7) is 6.57. The number of thiazole rings is 1. The molecule has 0 aromatic carbocycles. The third kappa shape index (κ3) is 3.30. The standard InChI is InChI=1S/C14H19N5OS/c1-10-13(21-9-15-10)8-18-5-3-12(7-18)19-6-4-14(17-19)16-11(2)20/h4,6,9,12H,3,5,7-8H2,1-2H3,(H,16,17,20). The van der Waals surface area contributed by atoms with Crippen LogP contribution in [0, 0.1) is 6.92 Å². The van der Waals surface area contributed by atoms with Gasteiger partial charge in [-0.05, 0) is 13.3 Å². The number of carbonyl (C=O) groups excluding carboxylic acids is 1. The lowest BCUT2D eigenvalue weighted by molar-refractivity contribution is -0.114. The van der Waals surface area contributed by atoms with Crippen molar-refractivity contribution in [1.82, 2.24) is 19.7 Å². The number of rotatable bonds is 4. The molecule has 1 aliphatic heterocycles. The Bertz CT molecular complexity index is 635. The lowest BCUT2D eigenvalue weighted by atomic mass is 10.3. The molecule has 1 aliphatic rings. The van der Waals surface area contributed by atoms with Crippen LogP contribution in [0.25, 0.3) is 0 Å². The summed E-state index contributed by atoms with van der Waals surface area (Å²) in [4.78, 5) is 19.1. The van der Waals surface area contributed by atoms with Gasteiger partial charge in [0.15, 0.2) is 5.82 Å². The summed E-state index contributed by atoms with van der Waals surface area (Å²) in [5, 5.41) is 7.14. The van der Waals surface area contributed by atoms with E-state index in [1.165, 1.54) is 11.8 Å². The maximum absolute atomic E-state index is 11.0. The lowest BCUT2D eigenvalue weighted by Gasteiger charge is -2.15. The van der Waals surface area contributed by atoms with Crippen LogP contribution in [-0.2, 0) is 11.3 Å². The Morgan fingerprint density at radius 1 is 1.57 bits per heavy atom. The van der Waals surface area contributed by atoms with Crippen molar-refractivity contribution in [3.05, 3.63) is 28.3 Å². The van der Waals surface area contributed by atoms with Crippen molar-refractivity contribution in [2.45, 2.75) is 32.9 Å². The topological polar surface area (TPSA) is 63.1 Å².